The highest BCUT2D eigenvalue weighted by molar-refractivity contribution is 8.00. The first-order valence-electron chi connectivity index (χ1n) is 10.0. The van der Waals surface area contributed by atoms with E-state index in [1.54, 1.807) is 24.3 Å². The zero-order valence-corrected chi connectivity index (χ0v) is 19.7. The Balaban J connectivity index is 1.61. The van der Waals surface area contributed by atoms with Gasteiger partial charge in [-0.2, -0.15) is 0 Å². The molecule has 2 amide bonds. The predicted octanol–water partition coefficient (Wildman–Crippen LogP) is 4.42. The van der Waals surface area contributed by atoms with Crippen LogP contribution in [0, 0.1) is 0 Å². The lowest BCUT2D eigenvalue weighted by Crippen LogP contribution is -2.17. The smallest absolute Gasteiger partial charge is 0.336 e. The minimum Gasteiger partial charge on any atom is -0.478 e. The molecule has 0 radical (unpaired) electrons. The van der Waals surface area contributed by atoms with Crippen LogP contribution < -0.4 is 10.6 Å². The van der Waals surface area contributed by atoms with Crippen LogP contribution in [0.3, 0.4) is 0 Å². The van der Waals surface area contributed by atoms with Crippen molar-refractivity contribution in [3.63, 3.8) is 0 Å². The number of carboxylic acids is 3. The molecule has 0 aliphatic carbocycles. The first-order chi connectivity index (χ1) is 17.0. The fourth-order valence-corrected chi connectivity index (χ4v) is 3.84. The maximum Gasteiger partial charge on any atom is 0.336 e. The lowest BCUT2D eigenvalue weighted by atomic mass is 10.0. The fourth-order valence-electron chi connectivity index (χ4n) is 2.97. The maximum absolute atomic E-state index is 12.6. The van der Waals surface area contributed by atoms with Crippen molar-refractivity contribution in [2.75, 3.05) is 16.4 Å². The number of carbonyl (C=O) groups is 5. The summed E-state index contributed by atoms with van der Waals surface area (Å²) in [5.74, 6) is -5.05. The van der Waals surface area contributed by atoms with Gasteiger partial charge in [-0.25, -0.2) is 14.4 Å². The summed E-state index contributed by atoms with van der Waals surface area (Å²) in [6.45, 7) is 0. The number of halogens is 1. The summed E-state index contributed by atoms with van der Waals surface area (Å²) in [7, 11) is 0. The van der Waals surface area contributed by atoms with E-state index in [-0.39, 0.29) is 33.2 Å². The number of thioether (sulfide) groups is 1. The molecule has 0 spiro atoms. The van der Waals surface area contributed by atoms with Gasteiger partial charge in [-0.15, -0.1) is 11.8 Å². The minimum atomic E-state index is -1.44. The molecule has 0 bridgehead atoms. The zero-order chi connectivity index (χ0) is 26.4. The Morgan fingerprint density at radius 2 is 1.33 bits per heavy atom. The molecule has 0 aliphatic heterocycles. The van der Waals surface area contributed by atoms with Crippen LogP contribution in [0.2, 0.25) is 5.02 Å². The summed E-state index contributed by atoms with van der Waals surface area (Å²) in [6.07, 6.45) is 0. The van der Waals surface area contributed by atoms with Crippen molar-refractivity contribution in [3.05, 3.63) is 87.9 Å². The SMILES string of the molecule is O=C(CSc1ccc(NC(=O)c2ccc(C(=O)O)cc2C(=O)O)cc1)Nc1cc(C(=O)O)ccc1Cl. The summed E-state index contributed by atoms with van der Waals surface area (Å²) in [5.41, 5.74) is -0.394. The molecule has 3 aromatic carbocycles. The van der Waals surface area contributed by atoms with E-state index in [0.29, 0.717) is 10.6 Å². The molecule has 0 unspecified atom stereocenters. The van der Waals surface area contributed by atoms with Crippen molar-refractivity contribution in [2.45, 2.75) is 4.90 Å². The van der Waals surface area contributed by atoms with E-state index in [1.807, 2.05) is 0 Å². The van der Waals surface area contributed by atoms with E-state index in [9.17, 15) is 29.1 Å². The van der Waals surface area contributed by atoms with E-state index in [0.717, 1.165) is 18.2 Å². The molecule has 0 atom stereocenters. The molecule has 5 N–H and O–H groups in total. The second kappa shape index (κ2) is 11.4. The third kappa shape index (κ3) is 6.62. The summed E-state index contributed by atoms with van der Waals surface area (Å²) in [4.78, 5) is 59.1. The van der Waals surface area contributed by atoms with Gasteiger partial charge in [0.2, 0.25) is 5.91 Å². The first kappa shape index (κ1) is 26.3. The van der Waals surface area contributed by atoms with Crippen LogP contribution in [0.15, 0.2) is 65.6 Å². The number of hydrogen-bond acceptors (Lipinski definition) is 6. The number of hydrogen-bond donors (Lipinski definition) is 5. The second-order valence-electron chi connectivity index (χ2n) is 7.19. The van der Waals surface area contributed by atoms with E-state index in [1.165, 1.54) is 30.0 Å². The number of benzene rings is 3. The van der Waals surface area contributed by atoms with Gasteiger partial charge >= 0.3 is 17.9 Å². The van der Waals surface area contributed by atoms with Gasteiger partial charge in [-0.3, -0.25) is 9.59 Å². The molecular weight excluding hydrogens is 512 g/mol. The molecule has 0 heterocycles. The molecule has 0 aliphatic rings. The van der Waals surface area contributed by atoms with Crippen LogP contribution in [0.4, 0.5) is 11.4 Å². The zero-order valence-electron chi connectivity index (χ0n) is 18.1. The number of amides is 2. The second-order valence-corrected chi connectivity index (χ2v) is 8.64. The third-order valence-electron chi connectivity index (χ3n) is 4.71. The Kier molecular flexibility index (Phi) is 8.30. The third-order valence-corrected chi connectivity index (χ3v) is 6.05. The van der Waals surface area contributed by atoms with Gasteiger partial charge in [-0.05, 0) is 60.7 Å². The molecular formula is C24H17ClN2O8S. The first-order valence-corrected chi connectivity index (χ1v) is 11.4. The van der Waals surface area contributed by atoms with Gasteiger partial charge < -0.3 is 26.0 Å². The summed E-state index contributed by atoms with van der Waals surface area (Å²) >= 11 is 7.19. The molecule has 10 nitrogen and oxygen atoms in total. The van der Waals surface area contributed by atoms with Crippen LogP contribution >= 0.6 is 23.4 Å². The molecule has 0 saturated carbocycles. The van der Waals surface area contributed by atoms with E-state index in [4.69, 9.17) is 21.8 Å². The van der Waals surface area contributed by atoms with Gasteiger partial charge in [0.25, 0.3) is 5.91 Å². The number of anilines is 2. The Hall–Kier alpha value is -4.35. The van der Waals surface area contributed by atoms with Crippen LogP contribution in [0.1, 0.15) is 41.4 Å². The van der Waals surface area contributed by atoms with E-state index in [2.05, 4.69) is 10.6 Å². The van der Waals surface area contributed by atoms with Gasteiger partial charge in [0.05, 0.1) is 38.7 Å². The van der Waals surface area contributed by atoms with Gasteiger partial charge in [0.15, 0.2) is 0 Å². The van der Waals surface area contributed by atoms with Crippen LogP contribution in [0.5, 0.6) is 0 Å². The average molecular weight is 529 g/mol. The summed E-state index contributed by atoms with van der Waals surface area (Å²) < 4.78 is 0. The lowest BCUT2D eigenvalue weighted by molar-refractivity contribution is -0.113. The quantitative estimate of drug-likeness (QED) is 0.252. The van der Waals surface area contributed by atoms with Gasteiger partial charge in [-0.1, -0.05) is 11.6 Å². The van der Waals surface area contributed by atoms with Crippen molar-refractivity contribution in [1.29, 1.82) is 0 Å². The Morgan fingerprint density at radius 1 is 0.722 bits per heavy atom. The number of carbonyl (C=O) groups excluding carboxylic acids is 2. The lowest BCUT2D eigenvalue weighted by Gasteiger charge is -2.10. The standard InChI is InChI=1S/C24H17ClN2O8S/c25-18-8-2-13(23(32)33)10-19(18)27-20(28)11-36-15-5-3-14(4-6-15)26-21(29)16-7-1-12(22(30)31)9-17(16)24(34)35/h1-10H,11H2,(H,26,29)(H,27,28)(H,30,31)(H,32,33)(H,34,35). The van der Waals surface area contributed by atoms with Crippen molar-refractivity contribution in [1.82, 2.24) is 0 Å². The molecule has 0 aromatic heterocycles. The molecule has 0 fully saturated rings. The highest BCUT2D eigenvalue weighted by Crippen LogP contribution is 2.25. The number of carboxylic acid groups (broad SMARTS) is 3. The maximum atomic E-state index is 12.6. The fraction of sp³-hybridized carbons (Fsp3) is 0.0417. The molecule has 3 aromatic rings. The Labute approximate surface area is 212 Å². The molecule has 12 heteroatoms. The summed E-state index contributed by atoms with van der Waals surface area (Å²) in [5, 5.41) is 32.7. The number of rotatable bonds is 9. The molecule has 36 heavy (non-hydrogen) atoms. The van der Waals surface area contributed by atoms with Crippen molar-refractivity contribution < 1.29 is 39.3 Å². The Bertz CT molecular complexity index is 1380. The van der Waals surface area contributed by atoms with E-state index < -0.39 is 35.3 Å². The normalized spacial score (nSPS) is 10.4. The number of aromatic carboxylic acids is 3. The molecule has 184 valence electrons. The summed E-state index contributed by atoms with van der Waals surface area (Å²) in [6, 6.07) is 13.5. The van der Waals surface area contributed by atoms with Crippen LogP contribution in [0.25, 0.3) is 0 Å². The van der Waals surface area contributed by atoms with Crippen molar-refractivity contribution >= 4 is 64.5 Å². The largest absolute Gasteiger partial charge is 0.478 e. The molecule has 3 rings (SSSR count). The minimum absolute atomic E-state index is 0.00275. The van der Waals surface area contributed by atoms with E-state index >= 15 is 0 Å². The van der Waals surface area contributed by atoms with Gasteiger partial charge in [0, 0.05) is 10.6 Å². The highest BCUT2D eigenvalue weighted by atomic mass is 35.5. The number of nitrogens with one attached hydrogen (secondary N) is 2. The van der Waals surface area contributed by atoms with Crippen LogP contribution in [-0.4, -0.2) is 50.8 Å². The monoisotopic (exact) mass is 528 g/mol. The molecule has 0 saturated heterocycles. The highest BCUT2D eigenvalue weighted by Gasteiger charge is 2.19. The predicted molar refractivity (Wildman–Crippen MR) is 133 cm³/mol. The Morgan fingerprint density at radius 3 is 1.94 bits per heavy atom. The average Bonchev–Trinajstić information content (AvgIpc) is 2.84. The van der Waals surface area contributed by atoms with Gasteiger partial charge in [0.1, 0.15) is 0 Å². The van der Waals surface area contributed by atoms with Crippen molar-refractivity contribution in [3.8, 4) is 0 Å². The van der Waals surface area contributed by atoms with Crippen LogP contribution in [-0.2, 0) is 4.79 Å². The topological polar surface area (TPSA) is 170 Å². The van der Waals surface area contributed by atoms with Crippen molar-refractivity contribution in [2.24, 2.45) is 0 Å².